The lowest BCUT2D eigenvalue weighted by atomic mass is 9.98. The van der Waals surface area contributed by atoms with E-state index in [4.69, 9.17) is 0 Å². The Hall–Kier alpha value is -1.34. The number of nitrogens with one attached hydrogen (secondary N) is 1. The van der Waals surface area contributed by atoms with Crippen molar-refractivity contribution >= 4 is 33.7 Å². The molecule has 18 heavy (non-hydrogen) atoms. The average molecular weight is 282 g/mol. The first-order valence-electron chi connectivity index (χ1n) is 5.44. The summed E-state index contributed by atoms with van der Waals surface area (Å²) in [5.41, 5.74) is -0.0392. The zero-order valence-electron chi connectivity index (χ0n) is 10.6. The molecule has 0 aliphatic rings. The molecule has 2 aromatic rings. The Morgan fingerprint density at radius 1 is 1.28 bits per heavy atom. The lowest BCUT2D eigenvalue weighted by molar-refractivity contribution is 0.103. The molecule has 0 saturated carbocycles. The highest BCUT2D eigenvalue weighted by atomic mass is 32.1. The first-order chi connectivity index (χ1) is 8.36. The molecule has 0 aliphatic carbocycles. The van der Waals surface area contributed by atoms with E-state index in [2.05, 4.69) is 41.3 Å². The maximum absolute atomic E-state index is 12.0. The van der Waals surface area contributed by atoms with Crippen molar-refractivity contribution in [1.82, 2.24) is 15.2 Å². The second-order valence-electron chi connectivity index (χ2n) is 4.86. The summed E-state index contributed by atoms with van der Waals surface area (Å²) in [6, 6.07) is 0. The van der Waals surface area contributed by atoms with Gasteiger partial charge in [0.05, 0.1) is 11.2 Å². The minimum Gasteiger partial charge on any atom is -0.296 e. The number of hydrogen-bond donors (Lipinski definition) is 1. The van der Waals surface area contributed by atoms with Crippen molar-refractivity contribution in [1.29, 1.82) is 0 Å². The van der Waals surface area contributed by atoms with E-state index < -0.39 is 0 Å². The Morgan fingerprint density at radius 3 is 2.50 bits per heavy atom. The van der Waals surface area contributed by atoms with Gasteiger partial charge in [-0.15, -0.1) is 21.5 Å². The summed E-state index contributed by atoms with van der Waals surface area (Å²) >= 11 is 2.76. The molecule has 0 bridgehead atoms. The van der Waals surface area contributed by atoms with Gasteiger partial charge in [0.15, 0.2) is 0 Å². The van der Waals surface area contributed by atoms with Crippen molar-refractivity contribution in [2.45, 2.75) is 33.1 Å². The van der Waals surface area contributed by atoms with Gasteiger partial charge in [-0.1, -0.05) is 32.1 Å². The van der Waals surface area contributed by atoms with Crippen molar-refractivity contribution in [3.8, 4) is 0 Å². The van der Waals surface area contributed by atoms with Gasteiger partial charge < -0.3 is 0 Å². The molecule has 2 aromatic heterocycles. The number of anilines is 1. The van der Waals surface area contributed by atoms with Crippen LogP contribution in [-0.4, -0.2) is 21.1 Å². The maximum Gasteiger partial charge on any atom is 0.269 e. The third-order valence-corrected chi connectivity index (χ3v) is 4.29. The summed E-state index contributed by atoms with van der Waals surface area (Å²) in [7, 11) is 0. The van der Waals surface area contributed by atoms with E-state index in [-0.39, 0.29) is 11.3 Å². The van der Waals surface area contributed by atoms with Gasteiger partial charge in [0.25, 0.3) is 5.91 Å². The monoisotopic (exact) mass is 282 g/mol. The van der Waals surface area contributed by atoms with Crippen LogP contribution in [0.4, 0.5) is 5.13 Å². The first-order valence-corrected chi connectivity index (χ1v) is 7.07. The number of amides is 1. The molecule has 0 spiro atoms. The van der Waals surface area contributed by atoms with E-state index in [1.807, 2.05) is 6.92 Å². The van der Waals surface area contributed by atoms with Gasteiger partial charge in [0.2, 0.25) is 5.13 Å². The van der Waals surface area contributed by atoms with Crippen molar-refractivity contribution in [2.24, 2.45) is 0 Å². The molecular weight excluding hydrogens is 268 g/mol. The second kappa shape index (κ2) is 4.74. The van der Waals surface area contributed by atoms with Crippen LogP contribution in [0.5, 0.6) is 0 Å². The molecule has 0 aromatic carbocycles. The Bertz CT molecular complexity index is 568. The topological polar surface area (TPSA) is 67.8 Å². The van der Waals surface area contributed by atoms with E-state index in [1.54, 1.807) is 6.20 Å². The molecule has 0 aliphatic heterocycles. The van der Waals surface area contributed by atoms with E-state index in [0.717, 1.165) is 10.0 Å². The highest BCUT2D eigenvalue weighted by molar-refractivity contribution is 7.16. The normalized spacial score (nSPS) is 11.6. The summed E-state index contributed by atoms with van der Waals surface area (Å²) in [6.07, 6.45) is 1.61. The molecular formula is C11H14N4OS2. The highest BCUT2D eigenvalue weighted by Gasteiger charge is 2.20. The third-order valence-electron chi connectivity index (χ3n) is 2.12. The quantitative estimate of drug-likeness (QED) is 0.919. The molecule has 0 saturated heterocycles. The minimum atomic E-state index is -0.181. The molecule has 1 amide bonds. The van der Waals surface area contributed by atoms with Crippen LogP contribution in [0.2, 0.25) is 0 Å². The zero-order valence-corrected chi connectivity index (χ0v) is 12.3. The van der Waals surface area contributed by atoms with E-state index in [0.29, 0.717) is 10.0 Å². The van der Waals surface area contributed by atoms with Gasteiger partial charge in [-0.3, -0.25) is 10.1 Å². The van der Waals surface area contributed by atoms with Gasteiger partial charge in [0.1, 0.15) is 9.88 Å². The van der Waals surface area contributed by atoms with E-state index in [1.165, 1.54) is 22.7 Å². The first kappa shape index (κ1) is 13.1. The predicted octanol–water partition coefficient (Wildman–Crippen LogP) is 2.85. The lowest BCUT2D eigenvalue weighted by Crippen LogP contribution is -2.10. The molecule has 7 heteroatoms. The Labute approximate surface area is 113 Å². The number of hydrogen-bond acceptors (Lipinski definition) is 6. The molecule has 0 atom stereocenters. The lowest BCUT2D eigenvalue weighted by Gasteiger charge is -2.13. The summed E-state index contributed by atoms with van der Waals surface area (Å²) < 4.78 is 0. The second-order valence-corrected chi connectivity index (χ2v) is 7.07. The number of thiazole rings is 1. The number of nitrogens with zero attached hydrogens (tertiary/aromatic N) is 3. The van der Waals surface area contributed by atoms with Crippen LogP contribution < -0.4 is 5.32 Å². The fourth-order valence-corrected chi connectivity index (χ4v) is 2.69. The van der Waals surface area contributed by atoms with Crippen molar-refractivity contribution in [2.75, 3.05) is 5.32 Å². The number of rotatable bonds is 2. The van der Waals surface area contributed by atoms with Crippen molar-refractivity contribution in [3.63, 3.8) is 0 Å². The number of aryl methyl sites for hydroxylation is 1. The summed E-state index contributed by atoms with van der Waals surface area (Å²) in [4.78, 5) is 16.8. The largest absolute Gasteiger partial charge is 0.296 e. The number of aromatic nitrogens is 3. The van der Waals surface area contributed by atoms with Gasteiger partial charge in [-0.2, -0.15) is 0 Å². The molecule has 0 fully saturated rings. The standard InChI is InChI=1S/C11H14N4OS2/c1-6-14-15-10(17-6)13-8(16)7-5-12-9(18-7)11(2,3)4/h5H,1-4H3,(H,13,15,16). The molecule has 2 rings (SSSR count). The SMILES string of the molecule is Cc1nnc(NC(=O)c2cnc(C(C)(C)C)s2)s1. The summed E-state index contributed by atoms with van der Waals surface area (Å²) in [5, 5.41) is 12.7. The van der Waals surface area contributed by atoms with Crippen molar-refractivity contribution < 1.29 is 4.79 Å². The zero-order chi connectivity index (χ0) is 13.3. The van der Waals surface area contributed by atoms with Gasteiger partial charge >= 0.3 is 0 Å². The third kappa shape index (κ3) is 2.91. The Balaban J connectivity index is 2.12. The smallest absolute Gasteiger partial charge is 0.269 e. The van der Waals surface area contributed by atoms with Crippen LogP contribution in [0.1, 0.15) is 40.5 Å². The van der Waals surface area contributed by atoms with E-state index in [9.17, 15) is 4.79 Å². The molecule has 96 valence electrons. The van der Waals surface area contributed by atoms with Crippen LogP contribution in [0, 0.1) is 6.92 Å². The predicted molar refractivity (Wildman–Crippen MR) is 73.4 cm³/mol. The average Bonchev–Trinajstić information content (AvgIpc) is 2.85. The van der Waals surface area contributed by atoms with Crippen LogP contribution in [0.15, 0.2) is 6.20 Å². The molecule has 0 radical (unpaired) electrons. The summed E-state index contributed by atoms with van der Waals surface area (Å²) in [5.74, 6) is -0.181. The Morgan fingerprint density at radius 2 is 2.00 bits per heavy atom. The number of carbonyl (C=O) groups is 1. The molecule has 5 nitrogen and oxygen atoms in total. The van der Waals surface area contributed by atoms with Gasteiger partial charge in [-0.05, 0) is 6.92 Å². The minimum absolute atomic E-state index is 0.0392. The fraction of sp³-hybridized carbons (Fsp3) is 0.455. The summed E-state index contributed by atoms with van der Waals surface area (Å²) in [6.45, 7) is 8.06. The van der Waals surface area contributed by atoms with Crippen LogP contribution in [-0.2, 0) is 5.41 Å². The molecule has 0 unspecified atom stereocenters. The van der Waals surface area contributed by atoms with Gasteiger partial charge in [0, 0.05) is 5.41 Å². The molecule has 2 heterocycles. The Kier molecular flexibility index (Phi) is 3.45. The van der Waals surface area contributed by atoms with Crippen LogP contribution in [0.3, 0.4) is 0 Å². The van der Waals surface area contributed by atoms with Crippen molar-refractivity contribution in [3.05, 3.63) is 21.1 Å². The molecule has 1 N–H and O–H groups in total. The highest BCUT2D eigenvalue weighted by Crippen LogP contribution is 2.27. The number of carbonyl (C=O) groups excluding carboxylic acids is 1. The van der Waals surface area contributed by atoms with Gasteiger partial charge in [-0.25, -0.2) is 4.98 Å². The maximum atomic E-state index is 12.0. The van der Waals surface area contributed by atoms with Crippen LogP contribution >= 0.6 is 22.7 Å². The fourth-order valence-electron chi connectivity index (χ4n) is 1.23. The van der Waals surface area contributed by atoms with Crippen LogP contribution in [0.25, 0.3) is 0 Å². The van der Waals surface area contributed by atoms with E-state index >= 15 is 0 Å².